The summed E-state index contributed by atoms with van der Waals surface area (Å²) in [6, 6.07) is 9.24. The van der Waals surface area contributed by atoms with E-state index in [2.05, 4.69) is 27.4 Å². The maximum atomic E-state index is 12.1. The van der Waals surface area contributed by atoms with E-state index in [1.165, 1.54) is 0 Å². The summed E-state index contributed by atoms with van der Waals surface area (Å²) in [6.45, 7) is 7.32. The Kier molecular flexibility index (Phi) is 13.7. The third-order valence-electron chi connectivity index (χ3n) is 4.62. The highest BCUT2D eigenvalue weighted by Crippen LogP contribution is 2.14. The van der Waals surface area contributed by atoms with Gasteiger partial charge in [0.15, 0.2) is 5.96 Å². The Morgan fingerprint density at radius 1 is 1.17 bits per heavy atom. The zero-order valence-corrected chi connectivity index (χ0v) is 19.9. The molecule has 0 saturated carbocycles. The summed E-state index contributed by atoms with van der Waals surface area (Å²) in [4.78, 5) is 19.0. The molecule has 0 radical (unpaired) electrons. The van der Waals surface area contributed by atoms with E-state index in [-0.39, 0.29) is 29.9 Å². The van der Waals surface area contributed by atoms with Gasteiger partial charge in [-0.2, -0.15) is 0 Å². The lowest BCUT2D eigenvalue weighted by Gasteiger charge is -2.34. The molecule has 8 heteroatoms. The van der Waals surface area contributed by atoms with Gasteiger partial charge in [-0.25, -0.2) is 0 Å². The number of benzene rings is 1. The van der Waals surface area contributed by atoms with E-state index < -0.39 is 0 Å². The lowest BCUT2D eigenvalue weighted by Crippen LogP contribution is -2.47. The van der Waals surface area contributed by atoms with E-state index in [1.807, 2.05) is 30.3 Å². The van der Waals surface area contributed by atoms with Gasteiger partial charge >= 0.3 is 0 Å². The number of hydrogen-bond donors (Lipinski definition) is 2. The van der Waals surface area contributed by atoms with Crippen LogP contribution in [0.15, 0.2) is 35.3 Å². The second kappa shape index (κ2) is 15.4. The molecule has 0 bridgehead atoms. The van der Waals surface area contributed by atoms with Crippen molar-refractivity contribution in [3.05, 3.63) is 35.9 Å². The van der Waals surface area contributed by atoms with E-state index >= 15 is 0 Å². The predicted octanol–water partition coefficient (Wildman–Crippen LogP) is 2.52. The maximum absolute atomic E-state index is 12.1. The van der Waals surface area contributed by atoms with Gasteiger partial charge in [0, 0.05) is 52.1 Å². The average Bonchev–Trinajstić information content (AvgIpc) is 2.74. The summed E-state index contributed by atoms with van der Waals surface area (Å²) >= 11 is 0. The molecule has 29 heavy (non-hydrogen) atoms. The number of carbonyl (C=O) groups is 1. The first-order valence-electron chi connectivity index (χ1n) is 10.2. The molecule has 1 aliphatic rings. The number of hydrogen-bond acceptors (Lipinski definition) is 4. The minimum absolute atomic E-state index is 0. The van der Waals surface area contributed by atoms with Crippen molar-refractivity contribution in [1.82, 2.24) is 15.5 Å². The molecule has 7 nitrogen and oxygen atoms in total. The van der Waals surface area contributed by atoms with Gasteiger partial charge in [0.1, 0.15) is 0 Å². The fourth-order valence-electron chi connectivity index (χ4n) is 3.14. The Morgan fingerprint density at radius 3 is 2.55 bits per heavy atom. The molecule has 1 fully saturated rings. The van der Waals surface area contributed by atoms with Crippen molar-refractivity contribution < 1.29 is 14.3 Å². The fraction of sp³-hybridized carbons (Fsp3) is 0.619. The average molecular weight is 518 g/mol. The van der Waals surface area contributed by atoms with Crippen LogP contribution in [0.5, 0.6) is 0 Å². The van der Waals surface area contributed by atoms with Crippen molar-refractivity contribution in [3.63, 3.8) is 0 Å². The molecule has 1 aromatic carbocycles. The maximum Gasteiger partial charge on any atom is 0.251 e. The summed E-state index contributed by atoms with van der Waals surface area (Å²) in [7, 11) is 1.72. The number of nitrogens with zero attached hydrogens (tertiary/aromatic N) is 2. The second-order valence-corrected chi connectivity index (χ2v) is 6.76. The van der Waals surface area contributed by atoms with Gasteiger partial charge in [-0.05, 0) is 38.3 Å². The van der Waals surface area contributed by atoms with Gasteiger partial charge in [0.05, 0.1) is 12.6 Å². The highest BCUT2D eigenvalue weighted by atomic mass is 127. The molecule has 0 aliphatic carbocycles. The molecule has 0 unspecified atom stereocenters. The normalized spacial score (nSPS) is 15.0. The predicted molar refractivity (Wildman–Crippen MR) is 127 cm³/mol. The van der Waals surface area contributed by atoms with Crippen molar-refractivity contribution in [2.75, 3.05) is 53.0 Å². The Bertz CT molecular complexity index is 593. The number of rotatable bonds is 10. The number of methoxy groups -OCH3 is 1. The molecule has 0 spiro atoms. The zero-order chi connectivity index (χ0) is 20.0. The van der Waals surface area contributed by atoms with Gasteiger partial charge in [0.25, 0.3) is 5.91 Å². The first-order valence-corrected chi connectivity index (χ1v) is 10.2. The lowest BCUT2D eigenvalue weighted by atomic mass is 10.1. The topological polar surface area (TPSA) is 75.2 Å². The molecule has 2 N–H and O–H groups in total. The van der Waals surface area contributed by atoms with E-state index in [0.717, 1.165) is 58.1 Å². The van der Waals surface area contributed by atoms with Crippen LogP contribution in [-0.4, -0.2) is 75.9 Å². The van der Waals surface area contributed by atoms with Crippen LogP contribution in [0.25, 0.3) is 0 Å². The molecular weight excluding hydrogens is 483 g/mol. The number of likely N-dealkylation sites (tertiary alicyclic amines) is 1. The molecule has 1 amide bonds. The largest absolute Gasteiger partial charge is 0.385 e. The van der Waals surface area contributed by atoms with Crippen molar-refractivity contribution in [1.29, 1.82) is 0 Å². The highest BCUT2D eigenvalue weighted by Gasteiger charge is 2.21. The van der Waals surface area contributed by atoms with Crippen LogP contribution in [0.4, 0.5) is 0 Å². The molecule has 1 aliphatic heterocycles. The second-order valence-electron chi connectivity index (χ2n) is 6.76. The van der Waals surface area contributed by atoms with Crippen LogP contribution >= 0.6 is 24.0 Å². The first kappa shape index (κ1) is 25.6. The molecule has 1 saturated heterocycles. The summed E-state index contributed by atoms with van der Waals surface area (Å²) in [5, 5.41) is 6.27. The molecular formula is C21H35IN4O3. The van der Waals surface area contributed by atoms with E-state index in [4.69, 9.17) is 9.47 Å². The first-order chi connectivity index (χ1) is 13.7. The molecule has 0 atom stereocenters. The van der Waals surface area contributed by atoms with Crippen LogP contribution < -0.4 is 10.6 Å². The molecule has 1 heterocycles. The molecule has 164 valence electrons. The third-order valence-corrected chi connectivity index (χ3v) is 4.62. The van der Waals surface area contributed by atoms with E-state index in [0.29, 0.717) is 24.8 Å². The number of carbonyl (C=O) groups excluding carboxylic acids is 1. The van der Waals surface area contributed by atoms with Crippen molar-refractivity contribution in [3.8, 4) is 0 Å². The minimum Gasteiger partial charge on any atom is -0.385 e. The van der Waals surface area contributed by atoms with Crippen molar-refractivity contribution in [2.45, 2.75) is 32.3 Å². The lowest BCUT2D eigenvalue weighted by molar-refractivity contribution is 0.00990. The third kappa shape index (κ3) is 9.77. The van der Waals surface area contributed by atoms with Crippen LogP contribution in [-0.2, 0) is 9.47 Å². The quantitative estimate of drug-likeness (QED) is 0.216. The summed E-state index contributed by atoms with van der Waals surface area (Å²) in [5.74, 6) is 0.849. The fourth-order valence-corrected chi connectivity index (χ4v) is 3.14. The van der Waals surface area contributed by atoms with Crippen LogP contribution in [0.2, 0.25) is 0 Å². The summed E-state index contributed by atoms with van der Waals surface area (Å²) < 4.78 is 11.0. The summed E-state index contributed by atoms with van der Waals surface area (Å²) in [6.07, 6.45) is 3.26. The standard InChI is InChI=1S/C21H34N4O3.HI/c1-3-22-21(24-13-12-23-20(26)18-8-5-4-6-9-18)25-14-10-19(11-15-25)28-17-7-16-27-2;/h4-6,8-9,19H,3,7,10-17H2,1-2H3,(H,22,24)(H,23,26);1H. The monoisotopic (exact) mass is 518 g/mol. The Hall–Kier alpha value is -1.39. The van der Waals surface area contributed by atoms with Gasteiger partial charge in [-0.3, -0.25) is 9.79 Å². The highest BCUT2D eigenvalue weighted by molar-refractivity contribution is 14.0. The number of ether oxygens (including phenoxy) is 2. The number of amides is 1. The van der Waals surface area contributed by atoms with Gasteiger partial charge in [0.2, 0.25) is 0 Å². The van der Waals surface area contributed by atoms with Gasteiger partial charge in [-0.15, -0.1) is 24.0 Å². The molecule has 0 aromatic heterocycles. The number of guanidine groups is 1. The number of nitrogens with one attached hydrogen (secondary N) is 2. The Labute approximate surface area is 191 Å². The van der Waals surface area contributed by atoms with Crippen molar-refractivity contribution >= 4 is 35.8 Å². The summed E-state index contributed by atoms with van der Waals surface area (Å²) in [5.41, 5.74) is 0.672. The van der Waals surface area contributed by atoms with Gasteiger partial charge in [-0.1, -0.05) is 18.2 Å². The number of halogens is 1. The number of aliphatic imine (C=N–C) groups is 1. The number of piperidine rings is 1. The molecule has 2 rings (SSSR count). The van der Waals surface area contributed by atoms with E-state index in [9.17, 15) is 4.79 Å². The SMILES string of the molecule is CCNC(=NCCNC(=O)c1ccccc1)N1CCC(OCCCOC)CC1.I. The minimum atomic E-state index is -0.0627. The smallest absolute Gasteiger partial charge is 0.251 e. The van der Waals surface area contributed by atoms with Crippen molar-refractivity contribution in [2.24, 2.45) is 4.99 Å². The Balaban J connectivity index is 0.00000420. The van der Waals surface area contributed by atoms with E-state index in [1.54, 1.807) is 7.11 Å². The van der Waals surface area contributed by atoms with Crippen LogP contribution in [0.3, 0.4) is 0 Å². The Morgan fingerprint density at radius 2 is 1.90 bits per heavy atom. The molecule has 1 aromatic rings. The zero-order valence-electron chi connectivity index (χ0n) is 17.6. The van der Waals surface area contributed by atoms with Crippen LogP contribution in [0, 0.1) is 0 Å². The van der Waals surface area contributed by atoms with Gasteiger partial charge < -0.3 is 25.0 Å². The van der Waals surface area contributed by atoms with Crippen LogP contribution in [0.1, 0.15) is 36.5 Å².